The number of rotatable bonds is 7. The smallest absolute Gasteiger partial charge is 0.223 e. The molecule has 0 bridgehead atoms. The summed E-state index contributed by atoms with van der Waals surface area (Å²) in [5.74, 6) is 1.46. The van der Waals surface area contributed by atoms with Crippen molar-refractivity contribution in [2.45, 2.75) is 25.7 Å². The van der Waals surface area contributed by atoms with Crippen LogP contribution in [0.1, 0.15) is 30.4 Å². The summed E-state index contributed by atoms with van der Waals surface area (Å²) >= 11 is 0. The van der Waals surface area contributed by atoms with Crippen molar-refractivity contribution in [1.82, 2.24) is 9.80 Å². The lowest BCUT2D eigenvalue weighted by Crippen LogP contribution is -2.49. The average Bonchev–Trinajstić information content (AvgIpc) is 2.73. The summed E-state index contributed by atoms with van der Waals surface area (Å²) in [5, 5.41) is 0. The van der Waals surface area contributed by atoms with Gasteiger partial charge in [0.25, 0.3) is 0 Å². The molecule has 0 saturated carbocycles. The summed E-state index contributed by atoms with van der Waals surface area (Å²) < 4.78 is 5.29. The first-order valence-electron chi connectivity index (χ1n) is 9.83. The Bertz CT molecular complexity index is 724. The molecule has 3 rings (SSSR count). The van der Waals surface area contributed by atoms with E-state index in [1.807, 2.05) is 35.2 Å². The monoisotopic (exact) mass is 366 g/mol. The van der Waals surface area contributed by atoms with Gasteiger partial charge in [-0.2, -0.15) is 0 Å². The van der Waals surface area contributed by atoms with Crippen LogP contribution in [0.2, 0.25) is 0 Å². The molecule has 4 nitrogen and oxygen atoms in total. The second-order valence-corrected chi connectivity index (χ2v) is 7.34. The van der Waals surface area contributed by atoms with Crippen molar-refractivity contribution < 1.29 is 9.53 Å². The van der Waals surface area contributed by atoms with Crippen LogP contribution >= 0.6 is 0 Å². The molecule has 0 N–H and O–H groups in total. The van der Waals surface area contributed by atoms with E-state index in [4.69, 9.17) is 4.74 Å². The van der Waals surface area contributed by atoms with Crippen LogP contribution in [0, 0.1) is 0 Å². The van der Waals surface area contributed by atoms with Gasteiger partial charge in [0, 0.05) is 39.1 Å². The molecular weight excluding hydrogens is 336 g/mol. The van der Waals surface area contributed by atoms with Crippen LogP contribution in [0.3, 0.4) is 0 Å². The highest BCUT2D eigenvalue weighted by Gasteiger charge is 2.22. The minimum atomic E-state index is 0.268. The predicted molar refractivity (Wildman–Crippen MR) is 109 cm³/mol. The van der Waals surface area contributed by atoms with Crippen molar-refractivity contribution in [2.75, 3.05) is 39.8 Å². The van der Waals surface area contributed by atoms with Crippen LogP contribution in [-0.2, 0) is 11.2 Å². The number of benzene rings is 2. The van der Waals surface area contributed by atoms with Crippen molar-refractivity contribution in [3.63, 3.8) is 0 Å². The van der Waals surface area contributed by atoms with E-state index >= 15 is 0 Å². The molecule has 0 spiro atoms. The number of hydrogen-bond acceptors (Lipinski definition) is 3. The summed E-state index contributed by atoms with van der Waals surface area (Å²) in [7, 11) is 1.70. The van der Waals surface area contributed by atoms with Gasteiger partial charge < -0.3 is 9.64 Å². The maximum Gasteiger partial charge on any atom is 0.223 e. The van der Waals surface area contributed by atoms with Gasteiger partial charge in [0.05, 0.1) is 7.11 Å². The highest BCUT2D eigenvalue weighted by Crippen LogP contribution is 2.20. The quantitative estimate of drug-likeness (QED) is 0.751. The zero-order valence-electron chi connectivity index (χ0n) is 16.4. The van der Waals surface area contributed by atoms with Crippen LogP contribution in [-0.4, -0.2) is 55.5 Å². The van der Waals surface area contributed by atoms with Gasteiger partial charge >= 0.3 is 0 Å². The molecule has 144 valence electrons. The first kappa shape index (κ1) is 19.4. The highest BCUT2D eigenvalue weighted by atomic mass is 16.5. The molecule has 1 aliphatic rings. The standard InChI is InChI=1S/C23H30N2O2/c1-19(21-8-4-3-5-9-21)17-23(26)25-15-13-24(14-16-25)12-11-20-7-6-10-22(18-20)27-2/h3-10,18-19H,11-17H2,1-2H3. The highest BCUT2D eigenvalue weighted by molar-refractivity contribution is 5.77. The van der Waals surface area contributed by atoms with E-state index in [1.165, 1.54) is 11.1 Å². The number of amides is 1. The van der Waals surface area contributed by atoms with E-state index in [9.17, 15) is 4.79 Å². The zero-order valence-corrected chi connectivity index (χ0v) is 16.4. The first-order valence-corrected chi connectivity index (χ1v) is 9.83. The fourth-order valence-electron chi connectivity index (χ4n) is 3.63. The Balaban J connectivity index is 1.42. The number of nitrogens with zero attached hydrogens (tertiary/aromatic N) is 2. The Labute approximate surface area is 162 Å². The van der Waals surface area contributed by atoms with Crippen molar-refractivity contribution in [2.24, 2.45) is 0 Å². The maximum absolute atomic E-state index is 12.6. The van der Waals surface area contributed by atoms with E-state index < -0.39 is 0 Å². The largest absolute Gasteiger partial charge is 0.497 e. The second kappa shape index (κ2) is 9.56. The molecule has 2 aromatic carbocycles. The third-order valence-corrected chi connectivity index (χ3v) is 5.43. The first-order chi connectivity index (χ1) is 13.2. The van der Waals surface area contributed by atoms with Crippen molar-refractivity contribution >= 4 is 5.91 Å². The molecule has 27 heavy (non-hydrogen) atoms. The molecule has 2 aromatic rings. The molecule has 4 heteroatoms. The lowest BCUT2D eigenvalue weighted by Gasteiger charge is -2.35. The molecule has 1 unspecified atom stereocenters. The number of carbonyl (C=O) groups excluding carboxylic acids is 1. The average molecular weight is 367 g/mol. The molecule has 1 amide bonds. The topological polar surface area (TPSA) is 32.8 Å². The zero-order chi connectivity index (χ0) is 19.1. The van der Waals surface area contributed by atoms with Crippen LogP contribution in [0.25, 0.3) is 0 Å². The minimum absolute atomic E-state index is 0.268. The molecule has 1 heterocycles. The number of ether oxygens (including phenoxy) is 1. The SMILES string of the molecule is COc1cccc(CCN2CCN(C(=O)CC(C)c3ccccc3)CC2)c1. The summed E-state index contributed by atoms with van der Waals surface area (Å²) in [6.45, 7) is 6.73. The minimum Gasteiger partial charge on any atom is -0.497 e. The predicted octanol–water partition coefficient (Wildman–Crippen LogP) is 3.58. The van der Waals surface area contributed by atoms with Crippen molar-refractivity contribution in [3.05, 3.63) is 65.7 Å². The van der Waals surface area contributed by atoms with Gasteiger partial charge in [-0.1, -0.05) is 49.4 Å². The van der Waals surface area contributed by atoms with E-state index in [-0.39, 0.29) is 11.8 Å². The number of hydrogen-bond donors (Lipinski definition) is 0. The lowest BCUT2D eigenvalue weighted by molar-refractivity contribution is -0.133. The molecule has 0 aliphatic carbocycles. The van der Waals surface area contributed by atoms with E-state index in [1.54, 1.807) is 7.11 Å². The van der Waals surface area contributed by atoms with Crippen LogP contribution in [0.5, 0.6) is 5.75 Å². The Morgan fingerprint density at radius 2 is 1.78 bits per heavy atom. The summed E-state index contributed by atoms with van der Waals surface area (Å²) in [6, 6.07) is 18.6. The molecule has 1 fully saturated rings. The Hall–Kier alpha value is -2.33. The van der Waals surface area contributed by atoms with Gasteiger partial charge in [-0.25, -0.2) is 0 Å². The normalized spacial score (nSPS) is 16.1. The van der Waals surface area contributed by atoms with Gasteiger partial charge in [-0.05, 0) is 35.6 Å². The number of methoxy groups -OCH3 is 1. The molecule has 1 saturated heterocycles. The van der Waals surface area contributed by atoms with Crippen molar-refractivity contribution in [3.8, 4) is 5.75 Å². The molecule has 1 aliphatic heterocycles. The fraction of sp³-hybridized carbons (Fsp3) is 0.435. The summed E-state index contributed by atoms with van der Waals surface area (Å²) in [6.07, 6.45) is 1.60. The second-order valence-electron chi connectivity index (χ2n) is 7.34. The van der Waals surface area contributed by atoms with Crippen LogP contribution in [0.4, 0.5) is 0 Å². The van der Waals surface area contributed by atoms with Crippen molar-refractivity contribution in [1.29, 1.82) is 0 Å². The third kappa shape index (κ3) is 5.57. The van der Waals surface area contributed by atoms with Gasteiger partial charge in [-0.3, -0.25) is 9.69 Å². The molecule has 0 aromatic heterocycles. The summed E-state index contributed by atoms with van der Waals surface area (Å²) in [4.78, 5) is 17.1. The Kier molecular flexibility index (Phi) is 6.88. The molecular formula is C23H30N2O2. The number of piperazine rings is 1. The summed E-state index contributed by atoms with van der Waals surface area (Å²) in [5.41, 5.74) is 2.53. The van der Waals surface area contributed by atoms with Crippen LogP contribution in [0.15, 0.2) is 54.6 Å². The Morgan fingerprint density at radius 3 is 2.48 bits per heavy atom. The Morgan fingerprint density at radius 1 is 1.04 bits per heavy atom. The third-order valence-electron chi connectivity index (χ3n) is 5.43. The fourth-order valence-corrected chi connectivity index (χ4v) is 3.63. The van der Waals surface area contributed by atoms with Gasteiger partial charge in [0.1, 0.15) is 5.75 Å². The van der Waals surface area contributed by atoms with Gasteiger partial charge in [-0.15, -0.1) is 0 Å². The molecule has 1 atom stereocenters. The lowest BCUT2D eigenvalue weighted by atomic mass is 9.97. The van der Waals surface area contributed by atoms with Gasteiger partial charge in [0.15, 0.2) is 0 Å². The van der Waals surface area contributed by atoms with Gasteiger partial charge in [0.2, 0.25) is 5.91 Å². The van der Waals surface area contributed by atoms with E-state index in [0.29, 0.717) is 6.42 Å². The van der Waals surface area contributed by atoms with E-state index in [2.05, 4.69) is 36.1 Å². The van der Waals surface area contributed by atoms with E-state index in [0.717, 1.165) is 44.9 Å². The maximum atomic E-state index is 12.6. The van der Waals surface area contributed by atoms with Crippen LogP contribution < -0.4 is 4.74 Å². The number of carbonyl (C=O) groups is 1. The molecule has 0 radical (unpaired) electrons.